The number of halogens is 1. The van der Waals surface area contributed by atoms with Gasteiger partial charge in [-0.25, -0.2) is 9.97 Å². The summed E-state index contributed by atoms with van der Waals surface area (Å²) in [5, 5.41) is 8.52. The lowest BCUT2D eigenvalue weighted by atomic mass is 9.94. The second kappa shape index (κ2) is 11.0. The first-order valence-electron chi connectivity index (χ1n) is 7.91. The van der Waals surface area contributed by atoms with Crippen molar-refractivity contribution in [3.05, 3.63) is 29.4 Å². The Bertz CT molecular complexity index is 637. The Kier molecular flexibility index (Phi) is 9.80. The largest absolute Gasteiger partial charge is 0.443 e. The van der Waals surface area contributed by atoms with Crippen LogP contribution >= 0.6 is 47.1 Å². The van der Waals surface area contributed by atoms with E-state index in [9.17, 15) is 0 Å². The van der Waals surface area contributed by atoms with E-state index in [1.807, 2.05) is 11.6 Å². The number of nitrogens with one attached hydrogen (secondary N) is 2. The average molecular weight is 495 g/mol. The van der Waals surface area contributed by atoms with Gasteiger partial charge in [0, 0.05) is 36.3 Å². The van der Waals surface area contributed by atoms with Crippen molar-refractivity contribution in [2.45, 2.75) is 43.5 Å². The maximum atomic E-state index is 5.76. The van der Waals surface area contributed by atoms with Gasteiger partial charge in [-0.15, -0.1) is 35.3 Å². The van der Waals surface area contributed by atoms with Gasteiger partial charge in [0.05, 0.1) is 12.7 Å². The summed E-state index contributed by atoms with van der Waals surface area (Å²) in [5.41, 5.74) is -0.0275. The molecule has 25 heavy (non-hydrogen) atoms. The Morgan fingerprint density at radius 3 is 2.72 bits per heavy atom. The number of aromatic nitrogens is 2. The van der Waals surface area contributed by atoms with Crippen molar-refractivity contribution in [1.29, 1.82) is 0 Å². The molecule has 6 nitrogen and oxygen atoms in total. The molecule has 0 bridgehead atoms. The SMILES string of the molecule is CN=C(NCCCSc1nccs1)NCc1ncc(C(C)(C)C)o1.I. The van der Waals surface area contributed by atoms with Gasteiger partial charge in [0.2, 0.25) is 5.89 Å². The van der Waals surface area contributed by atoms with E-state index >= 15 is 0 Å². The van der Waals surface area contributed by atoms with Crippen LogP contribution in [0.3, 0.4) is 0 Å². The number of hydrogen-bond acceptors (Lipinski definition) is 6. The number of rotatable bonds is 7. The first-order chi connectivity index (χ1) is 11.5. The molecule has 140 valence electrons. The summed E-state index contributed by atoms with van der Waals surface area (Å²) in [7, 11) is 1.76. The number of hydrogen-bond donors (Lipinski definition) is 2. The topological polar surface area (TPSA) is 75.3 Å². The van der Waals surface area contributed by atoms with Crippen LogP contribution < -0.4 is 10.6 Å². The van der Waals surface area contributed by atoms with Crippen LogP contribution in [0.25, 0.3) is 0 Å². The molecular weight excluding hydrogens is 469 g/mol. The zero-order chi connectivity index (χ0) is 17.4. The minimum atomic E-state index is -0.0275. The third kappa shape index (κ3) is 7.95. The highest BCUT2D eigenvalue weighted by Gasteiger charge is 2.19. The molecule has 0 radical (unpaired) electrons. The fourth-order valence-electron chi connectivity index (χ4n) is 1.84. The third-order valence-corrected chi connectivity index (χ3v) is 5.22. The Labute approximate surface area is 174 Å². The highest BCUT2D eigenvalue weighted by Crippen LogP contribution is 2.22. The second-order valence-electron chi connectivity index (χ2n) is 6.22. The summed E-state index contributed by atoms with van der Waals surface area (Å²) in [6.45, 7) is 7.69. The van der Waals surface area contributed by atoms with Crippen molar-refractivity contribution in [2.75, 3.05) is 19.3 Å². The highest BCUT2D eigenvalue weighted by atomic mass is 127. The maximum absolute atomic E-state index is 5.76. The normalized spacial score (nSPS) is 11.9. The number of aliphatic imine (C=N–C) groups is 1. The number of guanidine groups is 1. The summed E-state index contributed by atoms with van der Waals surface area (Å²) in [6, 6.07) is 0. The van der Waals surface area contributed by atoms with Gasteiger partial charge in [0.15, 0.2) is 5.96 Å². The smallest absolute Gasteiger partial charge is 0.213 e. The summed E-state index contributed by atoms with van der Waals surface area (Å²) in [6.07, 6.45) is 4.67. The van der Waals surface area contributed by atoms with Gasteiger partial charge in [-0.3, -0.25) is 4.99 Å². The molecule has 0 amide bonds. The number of thiazole rings is 1. The first kappa shape index (κ1) is 22.2. The third-order valence-electron chi connectivity index (χ3n) is 3.17. The van der Waals surface area contributed by atoms with Crippen LogP contribution in [0, 0.1) is 0 Å². The van der Waals surface area contributed by atoms with Crippen LogP contribution in [-0.4, -0.2) is 35.3 Å². The van der Waals surface area contributed by atoms with E-state index in [1.54, 1.807) is 36.3 Å². The molecule has 0 aliphatic rings. The molecule has 0 atom stereocenters. The molecule has 0 aromatic carbocycles. The minimum Gasteiger partial charge on any atom is -0.443 e. The quantitative estimate of drug-likeness (QED) is 0.200. The zero-order valence-corrected chi connectivity index (χ0v) is 19.0. The Morgan fingerprint density at radius 1 is 1.32 bits per heavy atom. The molecule has 0 spiro atoms. The number of nitrogens with zero attached hydrogens (tertiary/aromatic N) is 3. The molecule has 2 aromatic rings. The molecule has 0 aliphatic carbocycles. The lowest BCUT2D eigenvalue weighted by molar-refractivity contribution is 0.379. The predicted octanol–water partition coefficient (Wildman–Crippen LogP) is 3.89. The van der Waals surface area contributed by atoms with Gasteiger partial charge >= 0.3 is 0 Å². The van der Waals surface area contributed by atoms with Crippen LogP contribution in [0.2, 0.25) is 0 Å². The fraction of sp³-hybridized carbons (Fsp3) is 0.562. The Balaban J connectivity index is 0.00000312. The molecule has 0 unspecified atom stereocenters. The van der Waals surface area contributed by atoms with Gasteiger partial charge < -0.3 is 15.1 Å². The van der Waals surface area contributed by atoms with Crippen LogP contribution in [0.4, 0.5) is 0 Å². The number of thioether (sulfide) groups is 1. The van der Waals surface area contributed by atoms with Crippen molar-refractivity contribution in [1.82, 2.24) is 20.6 Å². The molecular formula is C16H26IN5OS2. The van der Waals surface area contributed by atoms with Crippen molar-refractivity contribution in [3.8, 4) is 0 Å². The molecule has 0 saturated carbocycles. The highest BCUT2D eigenvalue weighted by molar-refractivity contribution is 14.0. The van der Waals surface area contributed by atoms with Gasteiger partial charge in [0.25, 0.3) is 0 Å². The molecule has 9 heteroatoms. The predicted molar refractivity (Wildman–Crippen MR) is 116 cm³/mol. The summed E-state index contributed by atoms with van der Waals surface area (Å²) in [4.78, 5) is 12.8. The minimum absolute atomic E-state index is 0. The molecule has 0 saturated heterocycles. The van der Waals surface area contributed by atoms with Crippen LogP contribution in [0.5, 0.6) is 0 Å². The van der Waals surface area contributed by atoms with Crippen molar-refractivity contribution in [2.24, 2.45) is 4.99 Å². The van der Waals surface area contributed by atoms with Crippen LogP contribution in [0.1, 0.15) is 38.8 Å². The van der Waals surface area contributed by atoms with Crippen molar-refractivity contribution >= 4 is 53.0 Å². The standard InChI is InChI=1S/C16H25N5OS2.HI/c1-16(2,3)12-10-20-13(22-12)11-21-14(17-4)18-6-5-8-23-15-19-7-9-24-15;/h7,9-10H,5-6,8,11H2,1-4H3,(H2,17,18,21);1H. The summed E-state index contributed by atoms with van der Waals surface area (Å²) >= 11 is 3.46. The molecule has 2 rings (SSSR count). The molecule has 0 fully saturated rings. The van der Waals surface area contributed by atoms with Gasteiger partial charge in [-0.1, -0.05) is 32.5 Å². The van der Waals surface area contributed by atoms with Crippen molar-refractivity contribution < 1.29 is 4.42 Å². The zero-order valence-electron chi connectivity index (χ0n) is 15.0. The van der Waals surface area contributed by atoms with Gasteiger partial charge in [0.1, 0.15) is 10.1 Å². The van der Waals surface area contributed by atoms with Crippen LogP contribution in [0.15, 0.2) is 31.5 Å². The molecule has 2 N–H and O–H groups in total. The maximum Gasteiger partial charge on any atom is 0.213 e. The van der Waals surface area contributed by atoms with E-state index < -0.39 is 0 Å². The summed E-state index contributed by atoms with van der Waals surface area (Å²) in [5.74, 6) is 3.35. The molecule has 2 heterocycles. The van der Waals surface area contributed by atoms with Gasteiger partial charge in [-0.05, 0) is 6.42 Å². The average Bonchev–Trinajstić information content (AvgIpc) is 3.20. The van der Waals surface area contributed by atoms with E-state index in [1.165, 1.54) is 0 Å². The second-order valence-corrected chi connectivity index (χ2v) is 8.46. The lowest BCUT2D eigenvalue weighted by Crippen LogP contribution is -2.37. The van der Waals surface area contributed by atoms with Crippen LogP contribution in [-0.2, 0) is 12.0 Å². The van der Waals surface area contributed by atoms with E-state index in [4.69, 9.17) is 4.42 Å². The van der Waals surface area contributed by atoms with E-state index in [-0.39, 0.29) is 29.4 Å². The fourth-order valence-corrected chi connectivity index (χ4v) is 3.49. The summed E-state index contributed by atoms with van der Waals surface area (Å²) < 4.78 is 6.88. The first-order valence-corrected chi connectivity index (χ1v) is 9.77. The lowest BCUT2D eigenvalue weighted by Gasteiger charge is -2.13. The van der Waals surface area contributed by atoms with Gasteiger partial charge in [-0.2, -0.15) is 0 Å². The Hall–Kier alpha value is -0.810. The van der Waals surface area contributed by atoms with E-state index in [2.05, 4.69) is 46.4 Å². The van der Waals surface area contributed by atoms with Crippen molar-refractivity contribution in [3.63, 3.8) is 0 Å². The number of oxazole rings is 1. The van der Waals surface area contributed by atoms with E-state index in [0.717, 1.165) is 34.8 Å². The molecule has 0 aliphatic heterocycles. The monoisotopic (exact) mass is 495 g/mol. The Morgan fingerprint density at radius 2 is 2.12 bits per heavy atom. The molecule has 2 aromatic heterocycles. The van der Waals surface area contributed by atoms with E-state index in [0.29, 0.717) is 12.4 Å².